The lowest BCUT2D eigenvalue weighted by Gasteiger charge is -2.49. The van der Waals surface area contributed by atoms with Crippen LogP contribution in [0.4, 0.5) is 0 Å². The van der Waals surface area contributed by atoms with Gasteiger partial charge in [0, 0.05) is 10.8 Å². The van der Waals surface area contributed by atoms with Crippen molar-refractivity contribution in [2.75, 3.05) is 0 Å². The van der Waals surface area contributed by atoms with Gasteiger partial charge in [0.15, 0.2) is 0 Å². The first-order valence-electron chi connectivity index (χ1n) is 7.30. The average molecular weight is 270 g/mol. The Hall–Kier alpha value is -1.34. The molecule has 1 saturated carbocycles. The van der Waals surface area contributed by atoms with Crippen LogP contribution in [0.2, 0.25) is 0 Å². The summed E-state index contributed by atoms with van der Waals surface area (Å²) in [4.78, 5) is 0. The SMILES string of the molecule is C=C(C)[C@]1(C)CC[C@](C)(C(=C)C)C1(O)c1ccccc1. The van der Waals surface area contributed by atoms with E-state index < -0.39 is 5.60 Å². The maximum atomic E-state index is 11.8. The van der Waals surface area contributed by atoms with Crippen LogP contribution in [-0.2, 0) is 5.60 Å². The molecule has 1 N–H and O–H groups in total. The van der Waals surface area contributed by atoms with Crippen LogP contribution >= 0.6 is 0 Å². The summed E-state index contributed by atoms with van der Waals surface area (Å²) in [6.07, 6.45) is 1.86. The zero-order valence-corrected chi connectivity index (χ0v) is 13.2. The quantitative estimate of drug-likeness (QED) is 0.780. The van der Waals surface area contributed by atoms with Crippen LogP contribution in [0, 0.1) is 10.8 Å². The molecule has 1 nitrogen and oxygen atoms in total. The van der Waals surface area contributed by atoms with E-state index in [1.807, 2.05) is 44.2 Å². The molecule has 0 spiro atoms. The van der Waals surface area contributed by atoms with Crippen molar-refractivity contribution in [3.8, 4) is 0 Å². The van der Waals surface area contributed by atoms with Gasteiger partial charge in [0.05, 0.1) is 0 Å². The fourth-order valence-corrected chi connectivity index (χ4v) is 3.83. The van der Waals surface area contributed by atoms with E-state index in [2.05, 4.69) is 27.0 Å². The zero-order chi connectivity index (χ0) is 15.2. The summed E-state index contributed by atoms with van der Waals surface area (Å²) in [5.74, 6) is 0. The van der Waals surface area contributed by atoms with Crippen LogP contribution in [0.15, 0.2) is 54.6 Å². The highest BCUT2D eigenvalue weighted by molar-refractivity contribution is 5.39. The van der Waals surface area contributed by atoms with E-state index in [0.717, 1.165) is 29.6 Å². The van der Waals surface area contributed by atoms with Gasteiger partial charge >= 0.3 is 0 Å². The van der Waals surface area contributed by atoms with E-state index in [0.29, 0.717) is 0 Å². The molecule has 1 aromatic rings. The van der Waals surface area contributed by atoms with Gasteiger partial charge in [-0.15, -0.1) is 0 Å². The van der Waals surface area contributed by atoms with Crippen LogP contribution in [-0.4, -0.2) is 5.11 Å². The van der Waals surface area contributed by atoms with Crippen molar-refractivity contribution in [3.63, 3.8) is 0 Å². The highest BCUT2D eigenvalue weighted by atomic mass is 16.3. The van der Waals surface area contributed by atoms with Crippen molar-refractivity contribution in [2.24, 2.45) is 10.8 Å². The molecule has 0 aromatic heterocycles. The first kappa shape index (κ1) is 15.1. The van der Waals surface area contributed by atoms with Gasteiger partial charge < -0.3 is 5.11 Å². The largest absolute Gasteiger partial charge is 0.383 e. The standard InChI is InChI=1S/C19H26O/c1-14(2)17(5)12-13-18(6,15(3)4)19(17,20)16-10-8-7-9-11-16/h7-11,20H,1,3,12-13H2,2,4-6H3/t17-,18+,19?. The van der Waals surface area contributed by atoms with E-state index in [-0.39, 0.29) is 10.8 Å². The number of aliphatic hydroxyl groups is 1. The normalized spacial score (nSPS) is 36.9. The van der Waals surface area contributed by atoms with Crippen LogP contribution in [0.3, 0.4) is 0 Å². The minimum absolute atomic E-state index is 0.331. The molecule has 0 heterocycles. The molecule has 1 aliphatic rings. The molecule has 0 amide bonds. The molecule has 2 rings (SSSR count). The Kier molecular flexibility index (Phi) is 3.46. The summed E-state index contributed by atoms with van der Waals surface area (Å²) in [5, 5.41) is 11.8. The van der Waals surface area contributed by atoms with E-state index in [1.54, 1.807) is 0 Å². The Labute approximate surface area is 123 Å². The number of rotatable bonds is 3. The molecule has 1 aromatic carbocycles. The van der Waals surface area contributed by atoms with Gasteiger partial charge in [-0.2, -0.15) is 0 Å². The Bertz CT molecular complexity index is 514. The van der Waals surface area contributed by atoms with Crippen molar-refractivity contribution in [2.45, 2.75) is 46.1 Å². The third-order valence-corrected chi connectivity index (χ3v) is 5.80. The molecule has 1 unspecified atom stereocenters. The Balaban J connectivity index is 2.74. The van der Waals surface area contributed by atoms with Gasteiger partial charge in [-0.25, -0.2) is 0 Å². The predicted octanol–water partition coefficient (Wildman–Crippen LogP) is 4.83. The molecule has 1 fully saturated rings. The second-order valence-corrected chi connectivity index (χ2v) is 6.80. The minimum Gasteiger partial charge on any atom is -0.383 e. The third-order valence-electron chi connectivity index (χ3n) is 5.80. The zero-order valence-electron chi connectivity index (χ0n) is 13.2. The highest BCUT2D eigenvalue weighted by Crippen LogP contribution is 2.66. The molecule has 1 aliphatic carbocycles. The molecule has 0 saturated heterocycles. The molecule has 3 atom stereocenters. The smallest absolute Gasteiger partial charge is 0.108 e. The van der Waals surface area contributed by atoms with Gasteiger partial charge in [-0.1, -0.05) is 68.5 Å². The molecule has 1 heteroatoms. The van der Waals surface area contributed by atoms with Gasteiger partial charge in [0.2, 0.25) is 0 Å². The van der Waals surface area contributed by atoms with Crippen LogP contribution < -0.4 is 0 Å². The van der Waals surface area contributed by atoms with Crippen LogP contribution in [0.5, 0.6) is 0 Å². The number of benzene rings is 1. The van der Waals surface area contributed by atoms with Crippen molar-refractivity contribution in [1.82, 2.24) is 0 Å². The molecular weight excluding hydrogens is 244 g/mol. The summed E-state index contributed by atoms with van der Waals surface area (Å²) in [5.41, 5.74) is 1.42. The van der Waals surface area contributed by atoms with E-state index >= 15 is 0 Å². The maximum absolute atomic E-state index is 11.8. The lowest BCUT2D eigenvalue weighted by atomic mass is 9.59. The minimum atomic E-state index is -0.959. The molecule has 108 valence electrons. The topological polar surface area (TPSA) is 20.2 Å². The fraction of sp³-hybridized carbons (Fsp3) is 0.474. The maximum Gasteiger partial charge on any atom is 0.108 e. The van der Waals surface area contributed by atoms with Crippen LogP contribution in [0.25, 0.3) is 0 Å². The average Bonchev–Trinajstić information content (AvgIpc) is 2.64. The predicted molar refractivity (Wildman–Crippen MR) is 85.4 cm³/mol. The highest BCUT2D eigenvalue weighted by Gasteiger charge is 2.64. The van der Waals surface area contributed by atoms with Gasteiger partial charge in [0.1, 0.15) is 5.60 Å². The Morgan fingerprint density at radius 1 is 0.950 bits per heavy atom. The molecule has 0 aliphatic heterocycles. The Morgan fingerprint density at radius 2 is 1.35 bits per heavy atom. The molecule has 0 bridgehead atoms. The monoisotopic (exact) mass is 270 g/mol. The second-order valence-electron chi connectivity index (χ2n) is 6.80. The number of hydrogen-bond acceptors (Lipinski definition) is 1. The summed E-state index contributed by atoms with van der Waals surface area (Å²) >= 11 is 0. The molecule has 0 radical (unpaired) electrons. The summed E-state index contributed by atoms with van der Waals surface area (Å²) in [7, 11) is 0. The first-order valence-corrected chi connectivity index (χ1v) is 7.30. The Morgan fingerprint density at radius 3 is 1.70 bits per heavy atom. The van der Waals surface area contributed by atoms with Crippen molar-refractivity contribution in [3.05, 3.63) is 60.2 Å². The van der Waals surface area contributed by atoms with E-state index in [9.17, 15) is 5.11 Å². The third kappa shape index (κ3) is 1.66. The van der Waals surface area contributed by atoms with Gasteiger partial charge in [0.25, 0.3) is 0 Å². The van der Waals surface area contributed by atoms with Crippen LogP contribution in [0.1, 0.15) is 46.1 Å². The lowest BCUT2D eigenvalue weighted by molar-refractivity contribution is -0.102. The first-order chi connectivity index (χ1) is 9.20. The summed E-state index contributed by atoms with van der Waals surface area (Å²) < 4.78 is 0. The van der Waals surface area contributed by atoms with Crippen molar-refractivity contribution >= 4 is 0 Å². The van der Waals surface area contributed by atoms with E-state index in [4.69, 9.17) is 0 Å². The lowest BCUT2D eigenvalue weighted by Crippen LogP contribution is -2.50. The number of hydrogen-bond donors (Lipinski definition) is 1. The van der Waals surface area contributed by atoms with Crippen molar-refractivity contribution < 1.29 is 5.11 Å². The van der Waals surface area contributed by atoms with Gasteiger partial charge in [-0.3, -0.25) is 0 Å². The van der Waals surface area contributed by atoms with Gasteiger partial charge in [-0.05, 0) is 32.3 Å². The van der Waals surface area contributed by atoms with Crippen molar-refractivity contribution in [1.29, 1.82) is 0 Å². The second kappa shape index (κ2) is 4.60. The summed E-state index contributed by atoms with van der Waals surface area (Å²) in [6.45, 7) is 16.7. The molecule has 20 heavy (non-hydrogen) atoms. The fourth-order valence-electron chi connectivity index (χ4n) is 3.83. The summed E-state index contributed by atoms with van der Waals surface area (Å²) in [6, 6.07) is 10.0. The molecular formula is C19H26O. The van der Waals surface area contributed by atoms with E-state index in [1.165, 1.54) is 0 Å².